The van der Waals surface area contributed by atoms with Crippen LogP contribution in [0.25, 0.3) is 11.3 Å². The molecule has 0 aliphatic heterocycles. The number of carbonyl (C=O) groups is 1. The number of nitrogens with two attached hydrogens (primary N) is 1. The van der Waals surface area contributed by atoms with E-state index in [0.717, 1.165) is 23.2 Å². The van der Waals surface area contributed by atoms with E-state index in [2.05, 4.69) is 69.1 Å². The maximum Gasteiger partial charge on any atom is 0.217 e. The fraction of sp³-hybridized carbons (Fsp3) is 0.179. The van der Waals surface area contributed by atoms with Gasteiger partial charge in [0.05, 0.1) is 5.69 Å². The first-order chi connectivity index (χ1) is 17.1. The van der Waals surface area contributed by atoms with Crippen molar-refractivity contribution in [3.05, 3.63) is 107 Å². The molecule has 0 bridgehead atoms. The molecule has 6 nitrogen and oxygen atoms in total. The number of guanidine groups is 1. The summed E-state index contributed by atoms with van der Waals surface area (Å²) in [6.45, 7) is 2.60. The van der Waals surface area contributed by atoms with Gasteiger partial charge in [0.2, 0.25) is 5.91 Å². The van der Waals surface area contributed by atoms with Gasteiger partial charge in [-0.2, -0.15) is 0 Å². The van der Waals surface area contributed by atoms with Gasteiger partial charge in [0.1, 0.15) is 0 Å². The Labute approximate surface area is 210 Å². The van der Waals surface area contributed by atoms with Crippen LogP contribution in [-0.2, 0) is 11.3 Å². The molecule has 0 aliphatic carbocycles. The lowest BCUT2D eigenvalue weighted by atomic mass is 9.89. The van der Waals surface area contributed by atoms with Gasteiger partial charge in [-0.15, -0.1) is 11.3 Å². The molecule has 0 spiro atoms. The number of nitrogens with one attached hydrogen (secondary N) is 2. The lowest BCUT2D eigenvalue weighted by Crippen LogP contribution is -2.23. The van der Waals surface area contributed by atoms with Crippen molar-refractivity contribution in [2.45, 2.75) is 25.8 Å². The standard InChI is InChI=1S/C28H29N5OS/c1-20(34)31-18-21-9-8-14-24(17-21)26-19-35-28(32-26)33-27(29)30-16-15-25(22-10-4-2-5-11-22)23-12-6-3-7-13-23/h2-14,17,19,25H,15-16,18H2,1H3,(H,31,34)(H3,29,30,32,33). The smallest absolute Gasteiger partial charge is 0.217 e. The van der Waals surface area contributed by atoms with Crippen LogP contribution in [0.5, 0.6) is 0 Å². The number of carbonyl (C=O) groups excluding carboxylic acids is 1. The van der Waals surface area contributed by atoms with Crippen LogP contribution in [0.15, 0.2) is 95.3 Å². The minimum atomic E-state index is -0.0517. The summed E-state index contributed by atoms with van der Waals surface area (Å²) in [5, 5.41) is 8.61. The second-order valence-corrected chi connectivity index (χ2v) is 9.06. The van der Waals surface area contributed by atoms with Crippen molar-refractivity contribution in [1.82, 2.24) is 10.3 Å². The molecule has 1 amide bonds. The number of benzene rings is 3. The van der Waals surface area contributed by atoms with E-state index < -0.39 is 0 Å². The summed E-state index contributed by atoms with van der Waals surface area (Å²) in [4.78, 5) is 20.4. The predicted octanol–water partition coefficient (Wildman–Crippen LogP) is 5.40. The number of anilines is 1. The number of thiazole rings is 1. The van der Waals surface area contributed by atoms with Gasteiger partial charge in [-0.05, 0) is 29.2 Å². The largest absolute Gasteiger partial charge is 0.370 e. The molecular weight excluding hydrogens is 454 g/mol. The summed E-state index contributed by atoms with van der Waals surface area (Å²) in [6.07, 6.45) is 0.848. The first-order valence-corrected chi connectivity index (χ1v) is 12.4. The molecule has 0 radical (unpaired) electrons. The van der Waals surface area contributed by atoms with Crippen LogP contribution in [0, 0.1) is 0 Å². The molecule has 4 N–H and O–H groups in total. The van der Waals surface area contributed by atoms with Crippen molar-refractivity contribution in [3.8, 4) is 11.3 Å². The van der Waals surface area contributed by atoms with Gasteiger partial charge in [-0.3, -0.25) is 9.79 Å². The van der Waals surface area contributed by atoms with Crippen LogP contribution in [0.4, 0.5) is 5.13 Å². The number of hydrogen-bond donors (Lipinski definition) is 3. The minimum Gasteiger partial charge on any atom is -0.370 e. The van der Waals surface area contributed by atoms with E-state index in [-0.39, 0.29) is 11.8 Å². The first kappa shape index (κ1) is 24.2. The molecule has 0 aliphatic rings. The number of amides is 1. The Bertz CT molecular complexity index is 1230. The van der Waals surface area contributed by atoms with Crippen molar-refractivity contribution in [1.29, 1.82) is 0 Å². The minimum absolute atomic E-state index is 0.0517. The molecule has 35 heavy (non-hydrogen) atoms. The van der Waals surface area contributed by atoms with E-state index in [1.807, 2.05) is 41.8 Å². The third-order valence-corrected chi connectivity index (χ3v) is 6.36. The maximum atomic E-state index is 11.2. The van der Waals surface area contributed by atoms with Gasteiger partial charge in [0, 0.05) is 36.9 Å². The van der Waals surface area contributed by atoms with E-state index in [1.54, 1.807) is 0 Å². The third-order valence-electron chi connectivity index (χ3n) is 5.61. The van der Waals surface area contributed by atoms with Crippen molar-refractivity contribution >= 4 is 28.3 Å². The van der Waals surface area contributed by atoms with Crippen molar-refractivity contribution in [2.75, 3.05) is 11.9 Å². The lowest BCUT2D eigenvalue weighted by molar-refractivity contribution is -0.119. The van der Waals surface area contributed by atoms with Crippen molar-refractivity contribution < 1.29 is 4.79 Å². The molecule has 4 rings (SSSR count). The predicted molar refractivity (Wildman–Crippen MR) is 145 cm³/mol. The zero-order valence-corrected chi connectivity index (χ0v) is 20.5. The van der Waals surface area contributed by atoms with Crippen LogP contribution in [-0.4, -0.2) is 23.4 Å². The molecular formula is C28H29N5OS. The average molecular weight is 484 g/mol. The number of aliphatic imine (C=N–C) groups is 1. The van der Waals surface area contributed by atoms with Gasteiger partial charge in [0.15, 0.2) is 11.1 Å². The quantitative estimate of drug-likeness (QED) is 0.220. The molecule has 4 aromatic rings. The SMILES string of the molecule is CC(=O)NCc1cccc(-c2csc(NC(N)=NCCC(c3ccccc3)c3ccccc3)n2)c1. The second-order valence-electron chi connectivity index (χ2n) is 8.20. The van der Waals surface area contributed by atoms with Crippen LogP contribution in [0.1, 0.15) is 36.0 Å². The molecule has 0 saturated carbocycles. The summed E-state index contributed by atoms with van der Waals surface area (Å²) < 4.78 is 0. The highest BCUT2D eigenvalue weighted by molar-refractivity contribution is 7.14. The average Bonchev–Trinajstić information content (AvgIpc) is 3.35. The highest BCUT2D eigenvalue weighted by atomic mass is 32.1. The number of nitrogens with zero attached hydrogens (tertiary/aromatic N) is 2. The summed E-state index contributed by atoms with van der Waals surface area (Å²) in [5.41, 5.74) is 11.6. The topological polar surface area (TPSA) is 92.4 Å². The van der Waals surface area contributed by atoms with Crippen LogP contribution >= 0.6 is 11.3 Å². The van der Waals surface area contributed by atoms with Gasteiger partial charge < -0.3 is 16.4 Å². The molecule has 7 heteroatoms. The fourth-order valence-electron chi connectivity index (χ4n) is 3.89. The Morgan fingerprint density at radius 2 is 1.69 bits per heavy atom. The van der Waals surface area contributed by atoms with E-state index in [1.165, 1.54) is 29.4 Å². The Kier molecular flexibility index (Phi) is 8.25. The van der Waals surface area contributed by atoms with E-state index in [4.69, 9.17) is 5.73 Å². The summed E-state index contributed by atoms with van der Waals surface area (Å²) in [6, 6.07) is 29.0. The lowest BCUT2D eigenvalue weighted by Gasteiger charge is -2.17. The normalized spacial score (nSPS) is 11.4. The monoisotopic (exact) mass is 483 g/mol. The number of aromatic nitrogens is 1. The number of rotatable bonds is 9. The summed E-state index contributed by atoms with van der Waals surface area (Å²) >= 11 is 1.48. The Balaban J connectivity index is 1.38. The Morgan fingerprint density at radius 3 is 2.34 bits per heavy atom. The molecule has 0 saturated heterocycles. The van der Waals surface area contributed by atoms with E-state index >= 15 is 0 Å². The van der Waals surface area contributed by atoms with Crippen molar-refractivity contribution in [2.24, 2.45) is 10.7 Å². The van der Waals surface area contributed by atoms with Crippen LogP contribution in [0.2, 0.25) is 0 Å². The third kappa shape index (κ3) is 7.01. The van der Waals surface area contributed by atoms with Gasteiger partial charge in [-0.25, -0.2) is 4.98 Å². The highest BCUT2D eigenvalue weighted by Crippen LogP contribution is 2.28. The van der Waals surface area contributed by atoms with Gasteiger partial charge in [-0.1, -0.05) is 78.9 Å². The molecule has 1 aromatic heterocycles. The highest BCUT2D eigenvalue weighted by Gasteiger charge is 2.13. The van der Waals surface area contributed by atoms with Gasteiger partial charge >= 0.3 is 0 Å². The first-order valence-electron chi connectivity index (χ1n) is 11.5. The molecule has 0 atom stereocenters. The molecule has 0 fully saturated rings. The number of hydrogen-bond acceptors (Lipinski definition) is 4. The Morgan fingerprint density at radius 1 is 1.00 bits per heavy atom. The maximum absolute atomic E-state index is 11.2. The van der Waals surface area contributed by atoms with Gasteiger partial charge in [0.25, 0.3) is 0 Å². The zero-order valence-electron chi connectivity index (χ0n) is 19.6. The van der Waals surface area contributed by atoms with E-state index in [0.29, 0.717) is 24.2 Å². The Hall–Kier alpha value is -3.97. The molecule has 1 heterocycles. The molecule has 178 valence electrons. The van der Waals surface area contributed by atoms with Crippen molar-refractivity contribution in [3.63, 3.8) is 0 Å². The van der Waals surface area contributed by atoms with E-state index in [9.17, 15) is 4.79 Å². The van der Waals surface area contributed by atoms with Crippen LogP contribution < -0.4 is 16.4 Å². The summed E-state index contributed by atoms with van der Waals surface area (Å²) in [7, 11) is 0. The zero-order chi connectivity index (χ0) is 24.5. The molecule has 3 aromatic carbocycles. The fourth-order valence-corrected chi connectivity index (χ4v) is 4.62. The second kappa shape index (κ2) is 11.9. The summed E-state index contributed by atoms with van der Waals surface area (Å²) in [5.74, 6) is 0.555. The molecule has 0 unspecified atom stereocenters. The van der Waals surface area contributed by atoms with Crippen LogP contribution in [0.3, 0.4) is 0 Å².